The molecular formula is C26H29F5N2O3. The van der Waals surface area contributed by atoms with Crippen molar-refractivity contribution in [3.63, 3.8) is 0 Å². The number of piperidine rings is 2. The highest BCUT2D eigenvalue weighted by atomic mass is 19.4. The van der Waals surface area contributed by atoms with E-state index in [9.17, 15) is 22.4 Å². The molecule has 0 aromatic heterocycles. The van der Waals surface area contributed by atoms with E-state index < -0.39 is 40.7 Å². The summed E-state index contributed by atoms with van der Waals surface area (Å²) >= 11 is 0. The number of benzene rings is 2. The number of nitrogens with one attached hydrogen (secondary N) is 1. The van der Waals surface area contributed by atoms with E-state index in [0.717, 1.165) is 13.2 Å². The third-order valence-corrected chi connectivity index (χ3v) is 7.78. The average Bonchev–Trinajstić information content (AvgIpc) is 2.87. The summed E-state index contributed by atoms with van der Waals surface area (Å²) in [6.07, 6.45) is -3.73. The van der Waals surface area contributed by atoms with Gasteiger partial charge in [0.15, 0.2) is 11.6 Å². The third-order valence-electron chi connectivity index (χ3n) is 7.78. The van der Waals surface area contributed by atoms with Crippen molar-refractivity contribution in [3.05, 3.63) is 65.2 Å². The number of ether oxygens (including phenoxy) is 2. The summed E-state index contributed by atoms with van der Waals surface area (Å²) in [4.78, 5) is 14.6. The molecule has 2 atom stereocenters. The quantitative estimate of drug-likeness (QED) is 0.587. The standard InChI is InChI=1S/C26H29F5N2O3/c1-35-20-9-8-19(27)22(28)21(20)18-16-32-13-10-24(18)11-14-33(15-12-24)23(34)25(36-2,26(29,30)31)17-6-4-3-5-7-17/h3-9,18,32H,10-16H2,1-2H3/t18?,25-/m1/s1. The zero-order chi connectivity index (χ0) is 26.1. The minimum atomic E-state index is -5.00. The van der Waals surface area contributed by atoms with Crippen molar-refractivity contribution in [1.29, 1.82) is 0 Å². The fourth-order valence-corrected chi connectivity index (χ4v) is 5.81. The fourth-order valence-electron chi connectivity index (χ4n) is 5.81. The Morgan fingerprint density at radius 3 is 2.28 bits per heavy atom. The number of nitrogens with zero attached hydrogens (tertiary/aromatic N) is 1. The molecule has 0 radical (unpaired) electrons. The van der Waals surface area contributed by atoms with Crippen molar-refractivity contribution in [2.45, 2.75) is 37.0 Å². The lowest BCUT2D eigenvalue weighted by atomic mass is 9.62. The van der Waals surface area contributed by atoms with E-state index >= 15 is 4.39 Å². The van der Waals surface area contributed by atoms with Crippen molar-refractivity contribution in [2.24, 2.45) is 5.41 Å². The van der Waals surface area contributed by atoms with Crippen molar-refractivity contribution in [2.75, 3.05) is 40.4 Å². The Kier molecular flexibility index (Phi) is 7.30. The van der Waals surface area contributed by atoms with Crippen LogP contribution in [0.3, 0.4) is 0 Å². The number of carbonyl (C=O) groups excluding carboxylic acids is 1. The summed E-state index contributed by atoms with van der Waals surface area (Å²) in [6, 6.07) is 9.25. The largest absolute Gasteiger partial charge is 0.496 e. The molecule has 1 N–H and O–H groups in total. The predicted molar refractivity (Wildman–Crippen MR) is 123 cm³/mol. The molecule has 196 valence electrons. The molecular weight excluding hydrogens is 483 g/mol. The van der Waals surface area contributed by atoms with Crippen LogP contribution in [-0.4, -0.2) is 57.4 Å². The van der Waals surface area contributed by atoms with Gasteiger partial charge in [-0.15, -0.1) is 0 Å². The number of likely N-dealkylation sites (tertiary alicyclic amines) is 1. The van der Waals surface area contributed by atoms with Gasteiger partial charge in [-0.25, -0.2) is 8.78 Å². The number of methoxy groups -OCH3 is 2. The summed E-state index contributed by atoms with van der Waals surface area (Å²) in [5, 5.41) is 3.22. The van der Waals surface area contributed by atoms with Gasteiger partial charge in [-0.05, 0) is 43.4 Å². The molecule has 2 heterocycles. The zero-order valence-corrected chi connectivity index (χ0v) is 20.1. The summed E-state index contributed by atoms with van der Waals surface area (Å²) in [5.74, 6) is -3.41. The Morgan fingerprint density at radius 1 is 1.03 bits per heavy atom. The molecule has 0 bridgehead atoms. The molecule has 10 heteroatoms. The normalized spacial score (nSPS) is 21.8. The van der Waals surface area contributed by atoms with E-state index in [4.69, 9.17) is 9.47 Å². The van der Waals surface area contributed by atoms with E-state index in [0.29, 0.717) is 32.4 Å². The van der Waals surface area contributed by atoms with Crippen LogP contribution in [0.2, 0.25) is 0 Å². The molecule has 1 unspecified atom stereocenters. The van der Waals surface area contributed by atoms with Crippen molar-refractivity contribution < 1.29 is 36.2 Å². The first kappa shape index (κ1) is 26.3. The molecule has 2 aliphatic heterocycles. The van der Waals surface area contributed by atoms with Crippen molar-refractivity contribution >= 4 is 5.91 Å². The van der Waals surface area contributed by atoms with Crippen LogP contribution in [0.1, 0.15) is 36.3 Å². The van der Waals surface area contributed by atoms with E-state index in [-0.39, 0.29) is 30.0 Å². The SMILES string of the molecule is COc1ccc(F)c(F)c1C1CNCCC12CCN(C(=O)[C@](OC)(c1ccccc1)C(F)(F)F)CC2. The van der Waals surface area contributed by atoms with Crippen LogP contribution in [0.25, 0.3) is 0 Å². The average molecular weight is 513 g/mol. The Balaban J connectivity index is 1.65. The number of carbonyl (C=O) groups is 1. The second kappa shape index (κ2) is 9.97. The number of alkyl halides is 3. The van der Waals surface area contributed by atoms with E-state index in [1.54, 1.807) is 6.07 Å². The third kappa shape index (κ3) is 4.24. The molecule has 2 aromatic rings. The number of rotatable bonds is 5. The van der Waals surface area contributed by atoms with Crippen LogP contribution in [-0.2, 0) is 15.1 Å². The predicted octanol–water partition coefficient (Wildman–Crippen LogP) is 4.76. The smallest absolute Gasteiger partial charge is 0.430 e. The van der Waals surface area contributed by atoms with E-state index in [1.165, 1.54) is 42.3 Å². The van der Waals surface area contributed by atoms with Crippen LogP contribution < -0.4 is 10.1 Å². The molecule has 0 saturated carbocycles. The number of hydrogen-bond acceptors (Lipinski definition) is 4. The maximum atomic E-state index is 15.0. The van der Waals surface area contributed by atoms with Gasteiger partial charge in [-0.3, -0.25) is 4.79 Å². The van der Waals surface area contributed by atoms with Gasteiger partial charge in [0.2, 0.25) is 0 Å². The highest BCUT2D eigenvalue weighted by Gasteiger charge is 2.64. The van der Waals surface area contributed by atoms with Gasteiger partial charge >= 0.3 is 6.18 Å². The highest BCUT2D eigenvalue weighted by molar-refractivity contribution is 5.88. The lowest BCUT2D eigenvalue weighted by molar-refractivity contribution is -0.271. The molecule has 2 aromatic carbocycles. The maximum absolute atomic E-state index is 15.0. The van der Waals surface area contributed by atoms with Crippen molar-refractivity contribution in [1.82, 2.24) is 10.2 Å². The topological polar surface area (TPSA) is 50.8 Å². The van der Waals surface area contributed by atoms with Gasteiger partial charge in [0.05, 0.1) is 7.11 Å². The van der Waals surface area contributed by atoms with E-state index in [2.05, 4.69) is 5.32 Å². The van der Waals surface area contributed by atoms with Crippen LogP contribution >= 0.6 is 0 Å². The van der Waals surface area contributed by atoms with Crippen LogP contribution in [0.15, 0.2) is 42.5 Å². The molecule has 2 aliphatic rings. The Bertz CT molecular complexity index is 1090. The fraction of sp³-hybridized carbons (Fsp3) is 0.500. The minimum Gasteiger partial charge on any atom is -0.496 e. The second-order valence-electron chi connectivity index (χ2n) is 9.39. The monoisotopic (exact) mass is 512 g/mol. The highest BCUT2D eigenvalue weighted by Crippen LogP contribution is 2.52. The molecule has 0 aliphatic carbocycles. The molecule has 1 spiro atoms. The summed E-state index contributed by atoms with van der Waals surface area (Å²) in [7, 11) is 2.26. The van der Waals surface area contributed by atoms with Gasteiger partial charge in [0.25, 0.3) is 11.5 Å². The Labute approximate surface area is 206 Å². The van der Waals surface area contributed by atoms with Crippen LogP contribution in [0, 0.1) is 17.0 Å². The number of amides is 1. The minimum absolute atomic E-state index is 0.0304. The van der Waals surface area contributed by atoms with Crippen molar-refractivity contribution in [3.8, 4) is 5.75 Å². The summed E-state index contributed by atoms with van der Waals surface area (Å²) < 4.78 is 82.7. The molecule has 2 fully saturated rings. The number of hydrogen-bond donors (Lipinski definition) is 1. The molecule has 2 saturated heterocycles. The van der Waals surface area contributed by atoms with Gasteiger partial charge in [-0.2, -0.15) is 13.2 Å². The Morgan fingerprint density at radius 2 is 1.69 bits per heavy atom. The van der Waals surface area contributed by atoms with Gasteiger partial charge in [0, 0.05) is 43.8 Å². The molecule has 5 nitrogen and oxygen atoms in total. The summed E-state index contributed by atoms with van der Waals surface area (Å²) in [5.41, 5.74) is -3.85. The van der Waals surface area contributed by atoms with Crippen LogP contribution in [0.5, 0.6) is 5.75 Å². The lowest BCUT2D eigenvalue weighted by Gasteiger charge is -2.51. The lowest BCUT2D eigenvalue weighted by Crippen LogP contribution is -2.59. The first-order chi connectivity index (χ1) is 17.1. The first-order valence-corrected chi connectivity index (χ1v) is 11.8. The van der Waals surface area contributed by atoms with Gasteiger partial charge in [-0.1, -0.05) is 30.3 Å². The summed E-state index contributed by atoms with van der Waals surface area (Å²) in [6.45, 7) is 1.04. The second-order valence-corrected chi connectivity index (χ2v) is 9.39. The Hall–Kier alpha value is -2.72. The molecule has 1 amide bonds. The zero-order valence-electron chi connectivity index (χ0n) is 20.1. The van der Waals surface area contributed by atoms with E-state index in [1.807, 2.05) is 0 Å². The molecule has 4 rings (SSSR count). The number of halogens is 5. The maximum Gasteiger partial charge on any atom is 0.430 e. The van der Waals surface area contributed by atoms with Gasteiger partial charge < -0.3 is 19.7 Å². The molecule has 36 heavy (non-hydrogen) atoms. The van der Waals surface area contributed by atoms with Crippen LogP contribution in [0.4, 0.5) is 22.0 Å². The van der Waals surface area contributed by atoms with Gasteiger partial charge in [0.1, 0.15) is 5.75 Å². The first-order valence-electron chi connectivity index (χ1n) is 11.8.